The van der Waals surface area contributed by atoms with Crippen LogP contribution in [0.2, 0.25) is 0 Å². The predicted molar refractivity (Wildman–Crippen MR) is 69.8 cm³/mol. The van der Waals surface area contributed by atoms with Crippen molar-refractivity contribution >= 4 is 21.6 Å². The molecule has 0 amide bonds. The van der Waals surface area contributed by atoms with Crippen LogP contribution >= 0.6 is 15.9 Å². The Kier molecular flexibility index (Phi) is 3.93. The van der Waals surface area contributed by atoms with E-state index in [4.69, 9.17) is 10.5 Å². The van der Waals surface area contributed by atoms with Gasteiger partial charge in [-0.3, -0.25) is 4.98 Å². The Balaban J connectivity index is 1.90. The summed E-state index contributed by atoms with van der Waals surface area (Å²) in [4.78, 5) is 8.30. The van der Waals surface area contributed by atoms with Gasteiger partial charge in [0.1, 0.15) is 0 Å². The lowest BCUT2D eigenvalue weighted by Gasteiger charge is -2.07. The molecule has 0 spiro atoms. The Hall–Kier alpha value is -1.62. The first-order valence-corrected chi connectivity index (χ1v) is 5.99. The molecule has 0 saturated heterocycles. The topological polar surface area (TPSA) is 61.0 Å². The number of halogens is 1. The molecule has 2 N–H and O–H groups in total. The number of pyridine rings is 2. The molecule has 0 unspecified atom stereocenters. The summed E-state index contributed by atoms with van der Waals surface area (Å²) in [6.07, 6.45) is 4.16. The van der Waals surface area contributed by atoms with Gasteiger partial charge in [-0.2, -0.15) is 0 Å². The number of ether oxygens (including phenoxy) is 1. The molecule has 0 bridgehead atoms. The number of hydrogen-bond acceptors (Lipinski definition) is 4. The third-order valence-corrected chi connectivity index (χ3v) is 2.60. The van der Waals surface area contributed by atoms with Crippen LogP contribution in [-0.4, -0.2) is 16.6 Å². The summed E-state index contributed by atoms with van der Waals surface area (Å²) < 4.78 is 6.34. The first kappa shape index (κ1) is 11.9. The molecule has 0 aromatic carbocycles. The van der Waals surface area contributed by atoms with Crippen molar-refractivity contribution in [3.8, 4) is 5.88 Å². The van der Waals surface area contributed by atoms with Gasteiger partial charge in [-0.1, -0.05) is 6.07 Å². The van der Waals surface area contributed by atoms with Crippen LogP contribution in [0.5, 0.6) is 5.88 Å². The summed E-state index contributed by atoms with van der Waals surface area (Å²) in [6, 6.07) is 7.57. The Morgan fingerprint density at radius 3 is 2.88 bits per heavy atom. The van der Waals surface area contributed by atoms with Gasteiger partial charge in [0.25, 0.3) is 0 Å². The molecule has 0 atom stereocenters. The van der Waals surface area contributed by atoms with E-state index in [0.29, 0.717) is 18.2 Å². The van der Waals surface area contributed by atoms with E-state index < -0.39 is 0 Å². The van der Waals surface area contributed by atoms with Crippen LogP contribution in [0, 0.1) is 0 Å². The molecular weight excluding hydrogens is 282 g/mol. The van der Waals surface area contributed by atoms with E-state index >= 15 is 0 Å². The Bertz CT molecular complexity index is 490. The number of nitrogens with two attached hydrogens (primary N) is 1. The maximum Gasteiger partial charge on any atom is 0.237 e. The molecule has 0 aliphatic rings. The molecule has 5 heteroatoms. The molecule has 0 radical (unpaired) electrons. The van der Waals surface area contributed by atoms with Gasteiger partial charge in [0.05, 0.1) is 12.3 Å². The zero-order valence-electron chi connectivity index (χ0n) is 9.14. The average Bonchev–Trinajstić information content (AvgIpc) is 2.33. The van der Waals surface area contributed by atoms with Gasteiger partial charge >= 0.3 is 0 Å². The van der Waals surface area contributed by atoms with E-state index in [1.54, 1.807) is 18.5 Å². The second-order valence-electron chi connectivity index (χ2n) is 3.47. The van der Waals surface area contributed by atoms with Crippen molar-refractivity contribution < 1.29 is 4.74 Å². The van der Waals surface area contributed by atoms with E-state index in [2.05, 4.69) is 25.9 Å². The van der Waals surface area contributed by atoms with Crippen LogP contribution < -0.4 is 10.5 Å². The van der Waals surface area contributed by atoms with Crippen LogP contribution in [0.1, 0.15) is 5.69 Å². The summed E-state index contributed by atoms with van der Waals surface area (Å²) in [5.41, 5.74) is 7.28. The standard InChI is InChI=1S/C12H12BrN3O/c13-9-7-11(14)12(16-8-9)17-6-4-10-3-1-2-5-15-10/h1-3,5,7-8H,4,6,14H2. The van der Waals surface area contributed by atoms with Crippen molar-refractivity contribution in [1.29, 1.82) is 0 Å². The van der Waals surface area contributed by atoms with Gasteiger partial charge in [0, 0.05) is 29.0 Å². The monoisotopic (exact) mass is 293 g/mol. The Morgan fingerprint density at radius 2 is 2.18 bits per heavy atom. The van der Waals surface area contributed by atoms with E-state index in [-0.39, 0.29) is 0 Å². The normalized spacial score (nSPS) is 10.2. The van der Waals surface area contributed by atoms with Gasteiger partial charge < -0.3 is 10.5 Å². The number of hydrogen-bond donors (Lipinski definition) is 1. The summed E-state index contributed by atoms with van der Waals surface area (Å²) >= 11 is 3.29. The number of nitrogen functional groups attached to an aromatic ring is 1. The Labute approximate surface area is 108 Å². The lowest BCUT2D eigenvalue weighted by molar-refractivity contribution is 0.310. The fourth-order valence-electron chi connectivity index (χ4n) is 1.36. The first-order chi connectivity index (χ1) is 8.25. The highest BCUT2D eigenvalue weighted by Gasteiger charge is 2.02. The average molecular weight is 294 g/mol. The third kappa shape index (κ3) is 3.42. The number of aromatic nitrogens is 2. The second-order valence-corrected chi connectivity index (χ2v) is 4.38. The fraction of sp³-hybridized carbons (Fsp3) is 0.167. The molecule has 2 aromatic rings. The fourth-order valence-corrected chi connectivity index (χ4v) is 1.71. The maximum atomic E-state index is 5.77. The van der Waals surface area contributed by atoms with Crippen molar-refractivity contribution in [1.82, 2.24) is 9.97 Å². The highest BCUT2D eigenvalue weighted by atomic mass is 79.9. The number of anilines is 1. The quantitative estimate of drug-likeness (QED) is 0.941. The molecule has 0 aliphatic heterocycles. The highest BCUT2D eigenvalue weighted by Crippen LogP contribution is 2.21. The molecule has 17 heavy (non-hydrogen) atoms. The predicted octanol–water partition coefficient (Wildman–Crippen LogP) is 2.44. The maximum absolute atomic E-state index is 5.77. The zero-order chi connectivity index (χ0) is 12.1. The zero-order valence-corrected chi connectivity index (χ0v) is 10.7. The summed E-state index contributed by atoms with van der Waals surface area (Å²) in [5, 5.41) is 0. The lowest BCUT2D eigenvalue weighted by Crippen LogP contribution is -2.05. The van der Waals surface area contributed by atoms with Crippen LogP contribution in [-0.2, 0) is 6.42 Å². The third-order valence-electron chi connectivity index (χ3n) is 2.17. The molecule has 0 aliphatic carbocycles. The summed E-state index contributed by atoms with van der Waals surface area (Å²) in [6.45, 7) is 0.510. The van der Waals surface area contributed by atoms with Crippen molar-refractivity contribution in [2.75, 3.05) is 12.3 Å². The summed E-state index contributed by atoms with van der Waals surface area (Å²) in [5.74, 6) is 0.462. The molecule has 4 nitrogen and oxygen atoms in total. The molecule has 0 saturated carbocycles. The van der Waals surface area contributed by atoms with Crippen LogP contribution in [0.3, 0.4) is 0 Å². The van der Waals surface area contributed by atoms with Gasteiger partial charge in [-0.05, 0) is 34.1 Å². The highest BCUT2D eigenvalue weighted by molar-refractivity contribution is 9.10. The van der Waals surface area contributed by atoms with E-state index in [0.717, 1.165) is 16.6 Å². The van der Waals surface area contributed by atoms with Crippen molar-refractivity contribution in [3.05, 3.63) is 46.8 Å². The molecular formula is C12H12BrN3O. The number of nitrogens with zero attached hydrogens (tertiary/aromatic N) is 2. The molecule has 2 rings (SSSR count). The first-order valence-electron chi connectivity index (χ1n) is 5.19. The van der Waals surface area contributed by atoms with Gasteiger partial charge in [-0.15, -0.1) is 0 Å². The van der Waals surface area contributed by atoms with Crippen LogP contribution in [0.4, 0.5) is 5.69 Å². The largest absolute Gasteiger partial charge is 0.476 e. The van der Waals surface area contributed by atoms with Crippen LogP contribution in [0.15, 0.2) is 41.1 Å². The van der Waals surface area contributed by atoms with Crippen molar-refractivity contribution in [2.45, 2.75) is 6.42 Å². The molecule has 2 aromatic heterocycles. The van der Waals surface area contributed by atoms with Crippen molar-refractivity contribution in [2.24, 2.45) is 0 Å². The minimum atomic E-state index is 0.462. The minimum absolute atomic E-state index is 0.462. The lowest BCUT2D eigenvalue weighted by atomic mass is 10.3. The number of rotatable bonds is 4. The minimum Gasteiger partial charge on any atom is -0.476 e. The van der Waals surface area contributed by atoms with E-state index in [1.807, 2.05) is 18.2 Å². The van der Waals surface area contributed by atoms with Crippen LogP contribution in [0.25, 0.3) is 0 Å². The SMILES string of the molecule is Nc1cc(Br)cnc1OCCc1ccccn1. The smallest absolute Gasteiger partial charge is 0.237 e. The van der Waals surface area contributed by atoms with Gasteiger partial charge in [-0.25, -0.2) is 4.98 Å². The molecule has 0 fully saturated rings. The van der Waals surface area contributed by atoms with E-state index in [1.165, 1.54) is 0 Å². The second kappa shape index (κ2) is 5.63. The van der Waals surface area contributed by atoms with Gasteiger partial charge in [0.2, 0.25) is 5.88 Å². The van der Waals surface area contributed by atoms with Crippen molar-refractivity contribution in [3.63, 3.8) is 0 Å². The molecule has 2 heterocycles. The molecule has 88 valence electrons. The Morgan fingerprint density at radius 1 is 1.29 bits per heavy atom. The van der Waals surface area contributed by atoms with Gasteiger partial charge in [0.15, 0.2) is 0 Å². The summed E-state index contributed by atoms with van der Waals surface area (Å²) in [7, 11) is 0. The van der Waals surface area contributed by atoms with E-state index in [9.17, 15) is 0 Å².